The Bertz CT molecular complexity index is 433. The molecule has 21 heavy (non-hydrogen) atoms. The fraction of sp³-hybridized carbons (Fsp3) is 0.722. The summed E-state index contributed by atoms with van der Waals surface area (Å²) in [5, 5.41) is 3.90. The Kier molecular flexibility index (Phi) is 3.85. The lowest BCUT2D eigenvalue weighted by Crippen LogP contribution is -2.44. The Morgan fingerprint density at radius 2 is 1.62 bits per heavy atom. The van der Waals surface area contributed by atoms with Gasteiger partial charge in [0.05, 0.1) is 0 Å². The molecule has 2 saturated carbocycles. The average molecular weight is 285 g/mol. The molecule has 0 unspecified atom stereocenters. The van der Waals surface area contributed by atoms with E-state index in [0.717, 1.165) is 23.8 Å². The van der Waals surface area contributed by atoms with Crippen LogP contribution >= 0.6 is 0 Å². The number of hydrogen-bond acceptors (Lipinski definition) is 3. The summed E-state index contributed by atoms with van der Waals surface area (Å²) < 4.78 is 0. The molecule has 4 rings (SSSR count). The second kappa shape index (κ2) is 5.96. The lowest BCUT2D eigenvalue weighted by atomic mass is 9.96. The predicted octanol–water partition coefficient (Wildman–Crippen LogP) is 3.08. The molecule has 0 amide bonds. The molecule has 0 aromatic carbocycles. The van der Waals surface area contributed by atoms with Gasteiger partial charge in [0.25, 0.3) is 0 Å². The Hall–Kier alpha value is -1.09. The molecule has 0 spiro atoms. The van der Waals surface area contributed by atoms with Crippen LogP contribution in [0.2, 0.25) is 0 Å². The zero-order chi connectivity index (χ0) is 14.1. The number of rotatable bonds is 6. The van der Waals surface area contributed by atoms with Gasteiger partial charge in [0.15, 0.2) is 0 Å². The number of nitrogens with one attached hydrogen (secondary N) is 1. The smallest absolute Gasteiger partial charge is 0.0397 e. The summed E-state index contributed by atoms with van der Waals surface area (Å²) in [5.41, 5.74) is 1.33. The second-order valence-electron chi connectivity index (χ2n) is 7.21. The van der Waals surface area contributed by atoms with Gasteiger partial charge in [-0.05, 0) is 75.0 Å². The van der Waals surface area contributed by atoms with Gasteiger partial charge in [-0.3, -0.25) is 4.98 Å². The molecule has 3 nitrogen and oxygen atoms in total. The van der Waals surface area contributed by atoms with Crippen LogP contribution in [0, 0.1) is 17.8 Å². The SMILES string of the molecule is c1cc(N2CCC(NCC(C3CC3)C3CC3)CC2)ccn1. The van der Waals surface area contributed by atoms with Gasteiger partial charge < -0.3 is 10.2 Å². The van der Waals surface area contributed by atoms with E-state index in [9.17, 15) is 0 Å². The number of anilines is 1. The van der Waals surface area contributed by atoms with E-state index < -0.39 is 0 Å². The molecule has 1 N–H and O–H groups in total. The van der Waals surface area contributed by atoms with Crippen LogP contribution in [0.3, 0.4) is 0 Å². The van der Waals surface area contributed by atoms with E-state index in [2.05, 4.69) is 27.3 Å². The molecular weight excluding hydrogens is 258 g/mol. The van der Waals surface area contributed by atoms with Crippen LogP contribution in [0.1, 0.15) is 38.5 Å². The third kappa shape index (κ3) is 3.39. The highest BCUT2D eigenvalue weighted by Gasteiger charge is 2.41. The first-order valence-electron chi connectivity index (χ1n) is 8.78. The summed E-state index contributed by atoms with van der Waals surface area (Å²) in [7, 11) is 0. The first-order valence-corrected chi connectivity index (χ1v) is 8.78. The van der Waals surface area contributed by atoms with Gasteiger partial charge in [0.1, 0.15) is 0 Å². The van der Waals surface area contributed by atoms with Crippen molar-refractivity contribution in [2.75, 3.05) is 24.5 Å². The molecule has 3 aliphatic rings. The van der Waals surface area contributed by atoms with Gasteiger partial charge >= 0.3 is 0 Å². The van der Waals surface area contributed by atoms with Crippen molar-refractivity contribution in [3.8, 4) is 0 Å². The van der Waals surface area contributed by atoms with Crippen LogP contribution in [-0.2, 0) is 0 Å². The maximum Gasteiger partial charge on any atom is 0.0397 e. The lowest BCUT2D eigenvalue weighted by Gasteiger charge is -2.34. The van der Waals surface area contributed by atoms with E-state index in [1.807, 2.05) is 12.4 Å². The number of hydrogen-bond donors (Lipinski definition) is 1. The standard InChI is InChI=1S/C18H27N3/c1-2-14(1)18(15-3-4-15)13-20-16-7-11-21(12-8-16)17-5-9-19-10-6-17/h5-6,9-10,14-16,18,20H,1-4,7-8,11-13H2. The zero-order valence-corrected chi connectivity index (χ0v) is 12.9. The monoisotopic (exact) mass is 285 g/mol. The van der Waals surface area contributed by atoms with Crippen LogP contribution < -0.4 is 10.2 Å². The van der Waals surface area contributed by atoms with Crippen molar-refractivity contribution in [1.29, 1.82) is 0 Å². The highest BCUT2D eigenvalue weighted by molar-refractivity contribution is 5.44. The van der Waals surface area contributed by atoms with Crippen molar-refractivity contribution in [2.45, 2.75) is 44.6 Å². The third-order valence-electron chi connectivity index (χ3n) is 5.62. The Morgan fingerprint density at radius 1 is 1.00 bits per heavy atom. The molecule has 3 fully saturated rings. The zero-order valence-electron chi connectivity index (χ0n) is 12.9. The molecule has 1 aliphatic heterocycles. The summed E-state index contributed by atoms with van der Waals surface area (Å²) in [6.45, 7) is 3.65. The Labute approximate surface area is 128 Å². The topological polar surface area (TPSA) is 28.2 Å². The lowest BCUT2D eigenvalue weighted by molar-refractivity contribution is 0.330. The molecular formula is C18H27N3. The maximum absolute atomic E-state index is 4.11. The maximum atomic E-state index is 4.11. The van der Waals surface area contributed by atoms with Gasteiger partial charge in [0.2, 0.25) is 0 Å². The van der Waals surface area contributed by atoms with Crippen LogP contribution in [0.15, 0.2) is 24.5 Å². The van der Waals surface area contributed by atoms with Crippen molar-refractivity contribution in [3.05, 3.63) is 24.5 Å². The van der Waals surface area contributed by atoms with E-state index >= 15 is 0 Å². The molecule has 1 aromatic rings. The predicted molar refractivity (Wildman–Crippen MR) is 86.4 cm³/mol. The summed E-state index contributed by atoms with van der Waals surface area (Å²) in [5.74, 6) is 3.15. The Morgan fingerprint density at radius 3 is 2.19 bits per heavy atom. The highest BCUT2D eigenvalue weighted by Crippen LogP contribution is 2.48. The highest BCUT2D eigenvalue weighted by atomic mass is 15.1. The van der Waals surface area contributed by atoms with E-state index in [1.165, 1.54) is 63.8 Å². The van der Waals surface area contributed by atoms with Crippen molar-refractivity contribution >= 4 is 5.69 Å². The second-order valence-corrected chi connectivity index (χ2v) is 7.21. The number of aromatic nitrogens is 1. The minimum Gasteiger partial charge on any atom is -0.371 e. The molecule has 2 aliphatic carbocycles. The molecule has 114 valence electrons. The first kappa shape index (κ1) is 13.6. The van der Waals surface area contributed by atoms with Crippen molar-refractivity contribution in [2.24, 2.45) is 17.8 Å². The van der Waals surface area contributed by atoms with Crippen LogP contribution in [0.5, 0.6) is 0 Å². The summed E-state index contributed by atoms with van der Waals surface area (Å²) >= 11 is 0. The summed E-state index contributed by atoms with van der Waals surface area (Å²) in [6, 6.07) is 5.00. The Balaban J connectivity index is 1.24. The molecule has 3 heteroatoms. The molecule has 1 saturated heterocycles. The van der Waals surface area contributed by atoms with E-state index in [1.54, 1.807) is 0 Å². The quantitative estimate of drug-likeness (QED) is 0.870. The van der Waals surface area contributed by atoms with Crippen LogP contribution in [0.4, 0.5) is 5.69 Å². The van der Waals surface area contributed by atoms with Crippen LogP contribution in [0.25, 0.3) is 0 Å². The van der Waals surface area contributed by atoms with Crippen LogP contribution in [-0.4, -0.2) is 30.7 Å². The van der Waals surface area contributed by atoms with Crippen molar-refractivity contribution in [1.82, 2.24) is 10.3 Å². The van der Waals surface area contributed by atoms with E-state index in [0.29, 0.717) is 0 Å². The van der Waals surface area contributed by atoms with Crippen molar-refractivity contribution < 1.29 is 0 Å². The fourth-order valence-corrected chi connectivity index (χ4v) is 3.97. The minimum atomic E-state index is 0.739. The normalized spacial score (nSPS) is 23.8. The largest absolute Gasteiger partial charge is 0.371 e. The van der Waals surface area contributed by atoms with Gasteiger partial charge in [0, 0.05) is 37.2 Å². The van der Waals surface area contributed by atoms with Gasteiger partial charge in [-0.2, -0.15) is 0 Å². The summed E-state index contributed by atoms with van der Waals surface area (Å²) in [6.07, 6.45) is 12.4. The number of pyridine rings is 1. The van der Waals surface area contributed by atoms with Gasteiger partial charge in [-0.1, -0.05) is 0 Å². The summed E-state index contributed by atoms with van der Waals surface area (Å²) in [4.78, 5) is 6.61. The van der Waals surface area contributed by atoms with Crippen molar-refractivity contribution in [3.63, 3.8) is 0 Å². The number of piperidine rings is 1. The fourth-order valence-electron chi connectivity index (χ4n) is 3.97. The minimum absolute atomic E-state index is 0.739. The molecule has 2 heterocycles. The van der Waals surface area contributed by atoms with E-state index in [4.69, 9.17) is 0 Å². The third-order valence-corrected chi connectivity index (χ3v) is 5.62. The molecule has 1 aromatic heterocycles. The first-order chi connectivity index (χ1) is 10.4. The molecule has 0 bridgehead atoms. The number of nitrogens with zero attached hydrogens (tertiary/aromatic N) is 2. The van der Waals surface area contributed by atoms with Gasteiger partial charge in [-0.25, -0.2) is 0 Å². The average Bonchev–Trinajstić information content (AvgIpc) is 3.43. The van der Waals surface area contributed by atoms with E-state index in [-0.39, 0.29) is 0 Å². The molecule has 0 radical (unpaired) electrons. The van der Waals surface area contributed by atoms with Gasteiger partial charge in [-0.15, -0.1) is 0 Å². The molecule has 0 atom stereocenters.